The first-order valence-corrected chi connectivity index (χ1v) is 6.50. The predicted molar refractivity (Wildman–Crippen MR) is 78.6 cm³/mol. The van der Waals surface area contributed by atoms with Gasteiger partial charge in [-0.3, -0.25) is 4.79 Å². The van der Waals surface area contributed by atoms with Crippen LogP contribution in [0.1, 0.15) is 22.8 Å². The van der Waals surface area contributed by atoms with Gasteiger partial charge in [0.05, 0.1) is 0 Å². The van der Waals surface area contributed by atoms with Crippen LogP contribution in [0.3, 0.4) is 0 Å². The Bertz CT molecular complexity index is 498. The van der Waals surface area contributed by atoms with E-state index >= 15 is 0 Å². The van der Waals surface area contributed by atoms with E-state index in [4.69, 9.17) is 5.11 Å². The van der Waals surface area contributed by atoms with Crippen LogP contribution in [0, 0.1) is 0 Å². The number of carbonyl (C=O) groups excluding carboxylic acids is 1. The van der Waals surface area contributed by atoms with E-state index in [1.54, 1.807) is 24.3 Å². The van der Waals surface area contributed by atoms with Crippen molar-refractivity contribution in [2.75, 3.05) is 26.7 Å². The molecule has 0 spiro atoms. The molecule has 1 rings (SSSR count). The first-order chi connectivity index (χ1) is 9.52. The number of hydrogen-bond acceptors (Lipinski definition) is 3. The van der Waals surface area contributed by atoms with Crippen molar-refractivity contribution in [1.82, 2.24) is 10.2 Å². The normalized spacial score (nSPS) is 10.9. The molecule has 5 heteroatoms. The smallest absolute Gasteiger partial charge is 0.328 e. The minimum atomic E-state index is -1.01. The highest BCUT2D eigenvalue weighted by Gasteiger charge is 2.05. The van der Waals surface area contributed by atoms with Gasteiger partial charge in [-0.05, 0) is 37.4 Å². The van der Waals surface area contributed by atoms with Crippen LogP contribution in [0.15, 0.2) is 30.3 Å². The molecule has 0 saturated heterocycles. The molecule has 0 heterocycles. The van der Waals surface area contributed by atoms with E-state index in [0.717, 1.165) is 19.2 Å². The first kappa shape index (κ1) is 15.9. The highest BCUT2D eigenvalue weighted by atomic mass is 16.4. The van der Waals surface area contributed by atoms with Crippen molar-refractivity contribution >= 4 is 18.0 Å². The second kappa shape index (κ2) is 8.12. The summed E-state index contributed by atoms with van der Waals surface area (Å²) < 4.78 is 0. The van der Waals surface area contributed by atoms with Gasteiger partial charge in [0.2, 0.25) is 0 Å². The van der Waals surface area contributed by atoms with Crippen molar-refractivity contribution < 1.29 is 14.7 Å². The molecule has 1 aromatic carbocycles. The van der Waals surface area contributed by atoms with E-state index in [1.807, 2.05) is 7.05 Å². The summed E-state index contributed by atoms with van der Waals surface area (Å²) in [4.78, 5) is 24.5. The summed E-state index contributed by atoms with van der Waals surface area (Å²) in [5.41, 5.74) is 1.21. The van der Waals surface area contributed by atoms with Crippen molar-refractivity contribution in [1.29, 1.82) is 0 Å². The highest BCUT2D eigenvalue weighted by Crippen LogP contribution is 2.07. The fraction of sp³-hybridized carbons (Fsp3) is 0.333. The van der Waals surface area contributed by atoms with Crippen LogP contribution < -0.4 is 5.32 Å². The molecule has 0 aliphatic rings. The largest absolute Gasteiger partial charge is 0.478 e. The van der Waals surface area contributed by atoms with Gasteiger partial charge in [0.15, 0.2) is 0 Å². The van der Waals surface area contributed by atoms with Crippen LogP contribution in [0.25, 0.3) is 6.08 Å². The highest BCUT2D eigenvalue weighted by molar-refractivity contribution is 5.95. The maximum absolute atomic E-state index is 11.9. The number of aliphatic carboxylic acids is 1. The molecule has 0 bridgehead atoms. The molecule has 0 radical (unpaired) electrons. The predicted octanol–water partition coefficient (Wildman–Crippen LogP) is 1.47. The molecule has 2 N–H and O–H groups in total. The van der Waals surface area contributed by atoms with Gasteiger partial charge < -0.3 is 15.3 Å². The number of hydrogen-bond donors (Lipinski definition) is 2. The molecule has 0 aliphatic carbocycles. The van der Waals surface area contributed by atoms with Crippen LogP contribution in [0.5, 0.6) is 0 Å². The Kier molecular flexibility index (Phi) is 6.46. The summed E-state index contributed by atoms with van der Waals surface area (Å²) >= 11 is 0. The molecule has 5 nitrogen and oxygen atoms in total. The van der Waals surface area contributed by atoms with E-state index < -0.39 is 5.97 Å². The molecule has 0 aromatic heterocycles. The fourth-order valence-corrected chi connectivity index (χ4v) is 1.57. The molecule has 0 unspecified atom stereocenters. The number of carbonyl (C=O) groups is 2. The number of nitrogens with zero attached hydrogens (tertiary/aromatic N) is 1. The number of nitrogens with one attached hydrogen (secondary N) is 1. The van der Waals surface area contributed by atoms with Crippen LogP contribution in [0.2, 0.25) is 0 Å². The lowest BCUT2D eigenvalue weighted by atomic mass is 10.1. The average molecular weight is 276 g/mol. The van der Waals surface area contributed by atoms with Crippen molar-refractivity contribution in [3.63, 3.8) is 0 Å². The van der Waals surface area contributed by atoms with Crippen LogP contribution in [-0.2, 0) is 4.79 Å². The number of rotatable bonds is 7. The lowest BCUT2D eigenvalue weighted by Crippen LogP contribution is -2.32. The Balaban J connectivity index is 2.60. The summed E-state index contributed by atoms with van der Waals surface area (Å²) in [6.07, 6.45) is 2.51. The molecular formula is C15H20N2O3. The molecule has 1 aromatic rings. The molecule has 1 amide bonds. The van der Waals surface area contributed by atoms with Crippen LogP contribution in [0.4, 0.5) is 0 Å². The third-order valence-electron chi connectivity index (χ3n) is 2.89. The van der Waals surface area contributed by atoms with Gasteiger partial charge in [-0.1, -0.05) is 19.1 Å². The topological polar surface area (TPSA) is 69.6 Å². The van der Waals surface area contributed by atoms with E-state index in [2.05, 4.69) is 17.1 Å². The lowest BCUT2D eigenvalue weighted by molar-refractivity contribution is -0.131. The number of benzene rings is 1. The number of amides is 1. The number of likely N-dealkylation sites (N-methyl/N-ethyl adjacent to an activating group) is 1. The fourth-order valence-electron chi connectivity index (χ4n) is 1.57. The van der Waals surface area contributed by atoms with E-state index in [0.29, 0.717) is 17.7 Å². The summed E-state index contributed by atoms with van der Waals surface area (Å²) in [6, 6.07) is 6.85. The molecule has 0 atom stereocenters. The zero-order valence-electron chi connectivity index (χ0n) is 11.8. The summed E-state index contributed by atoms with van der Waals surface area (Å²) in [5.74, 6) is -1.16. The SMILES string of the molecule is CCN(C)CCNC(=O)c1cccc(C=CC(=O)O)c1. The molecule has 0 fully saturated rings. The minimum Gasteiger partial charge on any atom is -0.478 e. The monoisotopic (exact) mass is 276 g/mol. The van der Waals surface area contributed by atoms with Gasteiger partial charge in [-0.25, -0.2) is 4.79 Å². The number of carboxylic acids is 1. The second-order valence-electron chi connectivity index (χ2n) is 4.45. The molecule has 0 saturated carbocycles. The Labute approximate surface area is 118 Å². The molecule has 0 aliphatic heterocycles. The van der Waals surface area contributed by atoms with Crippen molar-refractivity contribution in [3.8, 4) is 0 Å². The standard InChI is InChI=1S/C15H20N2O3/c1-3-17(2)10-9-16-15(20)13-6-4-5-12(11-13)7-8-14(18)19/h4-8,11H,3,9-10H2,1-2H3,(H,16,20)(H,18,19). The van der Waals surface area contributed by atoms with E-state index in [9.17, 15) is 9.59 Å². The summed E-state index contributed by atoms with van der Waals surface area (Å²) in [7, 11) is 1.99. The van der Waals surface area contributed by atoms with E-state index in [-0.39, 0.29) is 5.91 Å². The Morgan fingerprint density at radius 3 is 2.80 bits per heavy atom. The Morgan fingerprint density at radius 2 is 2.15 bits per heavy atom. The summed E-state index contributed by atoms with van der Waals surface area (Å²) in [5, 5.41) is 11.4. The van der Waals surface area contributed by atoms with Crippen molar-refractivity contribution in [2.45, 2.75) is 6.92 Å². The quantitative estimate of drug-likeness (QED) is 0.740. The van der Waals surface area contributed by atoms with Crippen molar-refractivity contribution in [3.05, 3.63) is 41.5 Å². The zero-order valence-corrected chi connectivity index (χ0v) is 11.8. The maximum atomic E-state index is 11.9. The molecular weight excluding hydrogens is 256 g/mol. The zero-order chi connectivity index (χ0) is 15.0. The van der Waals surface area contributed by atoms with E-state index in [1.165, 1.54) is 6.08 Å². The van der Waals surface area contributed by atoms with Gasteiger partial charge in [0, 0.05) is 24.7 Å². The third kappa shape index (κ3) is 5.67. The van der Waals surface area contributed by atoms with Gasteiger partial charge >= 0.3 is 5.97 Å². The van der Waals surface area contributed by atoms with Crippen molar-refractivity contribution in [2.24, 2.45) is 0 Å². The Morgan fingerprint density at radius 1 is 1.40 bits per heavy atom. The third-order valence-corrected chi connectivity index (χ3v) is 2.89. The van der Waals surface area contributed by atoms with Crippen LogP contribution in [-0.4, -0.2) is 48.6 Å². The lowest BCUT2D eigenvalue weighted by Gasteiger charge is -2.14. The maximum Gasteiger partial charge on any atom is 0.328 e. The summed E-state index contributed by atoms with van der Waals surface area (Å²) in [6.45, 7) is 4.37. The van der Waals surface area contributed by atoms with Gasteiger partial charge in [-0.15, -0.1) is 0 Å². The van der Waals surface area contributed by atoms with Gasteiger partial charge in [0.25, 0.3) is 5.91 Å². The molecule has 20 heavy (non-hydrogen) atoms. The van der Waals surface area contributed by atoms with Crippen LogP contribution >= 0.6 is 0 Å². The molecule has 108 valence electrons. The second-order valence-corrected chi connectivity index (χ2v) is 4.45. The number of carboxylic acid groups (broad SMARTS) is 1. The average Bonchev–Trinajstić information content (AvgIpc) is 2.45. The minimum absolute atomic E-state index is 0.153. The van der Waals surface area contributed by atoms with Gasteiger partial charge in [-0.2, -0.15) is 0 Å². The Hall–Kier alpha value is -2.14. The first-order valence-electron chi connectivity index (χ1n) is 6.50. The van der Waals surface area contributed by atoms with Gasteiger partial charge in [0.1, 0.15) is 0 Å².